The Kier molecular flexibility index (Phi) is 4.62. The van der Waals surface area contributed by atoms with Crippen molar-refractivity contribution in [2.24, 2.45) is 11.3 Å². The summed E-state index contributed by atoms with van der Waals surface area (Å²) in [4.78, 5) is 14.6. The van der Waals surface area contributed by atoms with Crippen molar-refractivity contribution in [3.05, 3.63) is 46.7 Å². The van der Waals surface area contributed by atoms with Crippen LogP contribution in [-0.4, -0.2) is 17.9 Å². The van der Waals surface area contributed by atoms with Gasteiger partial charge in [0.15, 0.2) is 0 Å². The van der Waals surface area contributed by atoms with Crippen LogP contribution >= 0.6 is 11.6 Å². The largest absolute Gasteiger partial charge is 0.375 e. The SMILES string of the molecule is CNC1=CC(C)(CC(C)C)C(=O)N1Cc1cccc(Cl)c1. The molecule has 2 rings (SSSR count). The lowest BCUT2D eigenvalue weighted by molar-refractivity contribution is -0.135. The molecule has 0 saturated heterocycles. The number of hydrogen-bond donors (Lipinski definition) is 1. The number of nitrogens with zero attached hydrogens (tertiary/aromatic N) is 1. The lowest BCUT2D eigenvalue weighted by Crippen LogP contribution is -2.36. The second-order valence-electron chi connectivity index (χ2n) is 6.32. The Morgan fingerprint density at radius 2 is 2.10 bits per heavy atom. The van der Waals surface area contributed by atoms with Gasteiger partial charge in [-0.3, -0.25) is 9.69 Å². The number of nitrogens with one attached hydrogen (secondary N) is 1. The molecule has 1 atom stereocenters. The van der Waals surface area contributed by atoms with E-state index in [1.165, 1.54) is 0 Å². The van der Waals surface area contributed by atoms with Gasteiger partial charge in [0.1, 0.15) is 5.82 Å². The maximum Gasteiger partial charge on any atom is 0.238 e. The fourth-order valence-electron chi connectivity index (χ4n) is 3.04. The summed E-state index contributed by atoms with van der Waals surface area (Å²) in [5.41, 5.74) is 0.608. The van der Waals surface area contributed by atoms with E-state index in [-0.39, 0.29) is 5.91 Å². The van der Waals surface area contributed by atoms with Gasteiger partial charge in [-0.15, -0.1) is 0 Å². The van der Waals surface area contributed by atoms with E-state index in [9.17, 15) is 4.79 Å². The molecule has 3 nitrogen and oxygen atoms in total. The molecule has 1 heterocycles. The van der Waals surface area contributed by atoms with Gasteiger partial charge < -0.3 is 5.32 Å². The van der Waals surface area contributed by atoms with Crippen molar-refractivity contribution >= 4 is 17.5 Å². The summed E-state index contributed by atoms with van der Waals surface area (Å²) >= 11 is 6.03. The van der Waals surface area contributed by atoms with Crippen LogP contribution in [0, 0.1) is 11.3 Å². The number of rotatable bonds is 5. The van der Waals surface area contributed by atoms with Crippen molar-refractivity contribution in [3.63, 3.8) is 0 Å². The highest BCUT2D eigenvalue weighted by molar-refractivity contribution is 6.30. The minimum absolute atomic E-state index is 0.153. The summed E-state index contributed by atoms with van der Waals surface area (Å²) < 4.78 is 0. The number of hydrogen-bond acceptors (Lipinski definition) is 2. The predicted molar refractivity (Wildman–Crippen MR) is 86.7 cm³/mol. The van der Waals surface area contributed by atoms with Crippen molar-refractivity contribution in [2.75, 3.05) is 7.05 Å². The van der Waals surface area contributed by atoms with Crippen LogP contribution in [0.5, 0.6) is 0 Å². The first-order chi connectivity index (χ1) is 9.85. The molecule has 0 aromatic heterocycles. The van der Waals surface area contributed by atoms with Gasteiger partial charge in [-0.1, -0.05) is 37.6 Å². The molecule has 0 bridgehead atoms. The van der Waals surface area contributed by atoms with E-state index < -0.39 is 5.41 Å². The Hall–Kier alpha value is -1.48. The van der Waals surface area contributed by atoms with E-state index in [1.807, 2.05) is 43.1 Å². The standard InChI is InChI=1S/C17H23ClN2O/c1-12(2)9-17(3)10-15(19-4)20(16(17)21)11-13-6-5-7-14(18)8-13/h5-8,10,12,19H,9,11H2,1-4H3. The maximum atomic E-state index is 12.8. The minimum Gasteiger partial charge on any atom is -0.375 e. The van der Waals surface area contributed by atoms with Crippen molar-refractivity contribution in [2.45, 2.75) is 33.7 Å². The molecule has 1 aromatic carbocycles. The van der Waals surface area contributed by atoms with Crippen LogP contribution in [0.25, 0.3) is 0 Å². The van der Waals surface area contributed by atoms with Crippen LogP contribution < -0.4 is 5.32 Å². The molecule has 1 aromatic rings. The van der Waals surface area contributed by atoms with Crippen LogP contribution in [0.15, 0.2) is 36.2 Å². The minimum atomic E-state index is -0.426. The molecule has 114 valence electrons. The number of carbonyl (C=O) groups is 1. The Morgan fingerprint density at radius 1 is 1.38 bits per heavy atom. The van der Waals surface area contributed by atoms with Gasteiger partial charge in [-0.2, -0.15) is 0 Å². The van der Waals surface area contributed by atoms with Gasteiger partial charge in [0.05, 0.1) is 12.0 Å². The molecular formula is C17H23ClN2O. The molecular weight excluding hydrogens is 284 g/mol. The first kappa shape index (κ1) is 15.9. The first-order valence-electron chi connectivity index (χ1n) is 7.33. The van der Waals surface area contributed by atoms with Crippen LogP contribution in [-0.2, 0) is 11.3 Å². The lowest BCUT2D eigenvalue weighted by Gasteiger charge is -2.26. The fraction of sp³-hybridized carbons (Fsp3) is 0.471. The van der Waals surface area contributed by atoms with Crippen LogP contribution in [0.4, 0.5) is 0 Å². The predicted octanol–water partition coefficient (Wildman–Crippen LogP) is 3.80. The van der Waals surface area contributed by atoms with Crippen LogP contribution in [0.2, 0.25) is 5.02 Å². The molecule has 1 amide bonds. The van der Waals surface area contributed by atoms with Gasteiger partial charge in [-0.05, 0) is 43.0 Å². The molecule has 1 aliphatic rings. The molecule has 4 heteroatoms. The second-order valence-corrected chi connectivity index (χ2v) is 6.75. The van der Waals surface area contributed by atoms with Gasteiger partial charge >= 0.3 is 0 Å². The van der Waals surface area contributed by atoms with Gasteiger partial charge in [0, 0.05) is 12.1 Å². The Bertz CT molecular complexity index is 568. The van der Waals surface area contributed by atoms with E-state index in [0.29, 0.717) is 17.5 Å². The molecule has 1 unspecified atom stereocenters. The molecule has 0 fully saturated rings. The fourth-order valence-corrected chi connectivity index (χ4v) is 3.25. The monoisotopic (exact) mass is 306 g/mol. The van der Waals surface area contributed by atoms with Gasteiger partial charge in [0.2, 0.25) is 5.91 Å². The smallest absolute Gasteiger partial charge is 0.238 e. The van der Waals surface area contributed by atoms with Crippen molar-refractivity contribution in [1.82, 2.24) is 10.2 Å². The summed E-state index contributed by atoms with van der Waals surface area (Å²) in [7, 11) is 1.85. The summed E-state index contributed by atoms with van der Waals surface area (Å²) in [6.45, 7) is 6.85. The van der Waals surface area contributed by atoms with E-state index in [1.54, 1.807) is 0 Å². The zero-order valence-electron chi connectivity index (χ0n) is 13.1. The van der Waals surface area contributed by atoms with Crippen LogP contribution in [0.3, 0.4) is 0 Å². The summed E-state index contributed by atoms with van der Waals surface area (Å²) in [5.74, 6) is 1.50. The Morgan fingerprint density at radius 3 is 2.67 bits per heavy atom. The molecule has 1 aliphatic heterocycles. The highest BCUT2D eigenvalue weighted by Crippen LogP contribution is 2.38. The molecule has 1 N–H and O–H groups in total. The highest BCUT2D eigenvalue weighted by atomic mass is 35.5. The number of benzene rings is 1. The maximum absolute atomic E-state index is 12.8. The normalized spacial score (nSPS) is 21.9. The van der Waals surface area contributed by atoms with Crippen molar-refractivity contribution < 1.29 is 4.79 Å². The average molecular weight is 307 g/mol. The molecule has 0 aliphatic carbocycles. The molecule has 21 heavy (non-hydrogen) atoms. The Labute approximate surface area is 132 Å². The second kappa shape index (κ2) is 6.10. The lowest BCUT2D eigenvalue weighted by atomic mass is 9.82. The van der Waals surface area contributed by atoms with E-state index >= 15 is 0 Å². The number of amides is 1. The zero-order valence-corrected chi connectivity index (χ0v) is 13.9. The molecule has 0 radical (unpaired) electrons. The highest BCUT2D eigenvalue weighted by Gasteiger charge is 2.42. The van der Waals surface area contributed by atoms with Crippen molar-refractivity contribution in [1.29, 1.82) is 0 Å². The third-order valence-electron chi connectivity index (χ3n) is 3.80. The third kappa shape index (κ3) is 3.41. The molecule has 0 spiro atoms. The van der Waals surface area contributed by atoms with Crippen LogP contribution in [0.1, 0.15) is 32.8 Å². The quantitative estimate of drug-likeness (QED) is 0.897. The van der Waals surface area contributed by atoms with Gasteiger partial charge in [-0.25, -0.2) is 0 Å². The average Bonchev–Trinajstić information content (AvgIpc) is 2.62. The van der Waals surface area contributed by atoms with Gasteiger partial charge in [0.25, 0.3) is 0 Å². The van der Waals surface area contributed by atoms with E-state index in [2.05, 4.69) is 25.2 Å². The number of carbonyl (C=O) groups excluding carboxylic acids is 1. The first-order valence-corrected chi connectivity index (χ1v) is 7.70. The van der Waals surface area contributed by atoms with E-state index in [4.69, 9.17) is 11.6 Å². The van der Waals surface area contributed by atoms with E-state index in [0.717, 1.165) is 17.8 Å². The third-order valence-corrected chi connectivity index (χ3v) is 4.03. The summed E-state index contributed by atoms with van der Waals surface area (Å²) in [5, 5.41) is 3.83. The summed E-state index contributed by atoms with van der Waals surface area (Å²) in [6.07, 6.45) is 2.91. The van der Waals surface area contributed by atoms with Crippen molar-refractivity contribution in [3.8, 4) is 0 Å². The molecule has 0 saturated carbocycles. The summed E-state index contributed by atoms with van der Waals surface area (Å²) in [6, 6.07) is 7.65. The number of halogens is 1. The Balaban J connectivity index is 2.24. The zero-order chi connectivity index (χ0) is 15.6. The topological polar surface area (TPSA) is 32.3 Å².